The van der Waals surface area contributed by atoms with Crippen LogP contribution >= 0.6 is 0 Å². The lowest BCUT2D eigenvalue weighted by molar-refractivity contribution is -0.155. The molecule has 4 rings (SSSR count). The summed E-state index contributed by atoms with van der Waals surface area (Å²) in [6.45, 7) is 5.07. The second-order valence-electron chi connectivity index (χ2n) is 9.54. The van der Waals surface area contributed by atoms with E-state index in [4.69, 9.17) is 14.6 Å². The Morgan fingerprint density at radius 1 is 1.03 bits per heavy atom. The highest BCUT2D eigenvalue weighted by molar-refractivity contribution is 5.79. The summed E-state index contributed by atoms with van der Waals surface area (Å²) < 4.78 is 10.8. The van der Waals surface area contributed by atoms with Crippen molar-refractivity contribution < 1.29 is 29.0 Å². The second kappa shape index (κ2) is 10.9. The first-order valence-corrected chi connectivity index (χ1v) is 12.0. The predicted octanol–water partition coefficient (Wildman–Crippen LogP) is 3.50. The number of hydrogen-bond donors (Lipinski definition) is 2. The summed E-state index contributed by atoms with van der Waals surface area (Å²) in [6.07, 6.45) is -0.421. The number of rotatable bonds is 10. The van der Waals surface area contributed by atoms with Gasteiger partial charge in [-0.05, 0) is 34.1 Å². The maximum atomic E-state index is 12.6. The van der Waals surface area contributed by atoms with Gasteiger partial charge in [-0.25, -0.2) is 9.59 Å². The highest BCUT2D eigenvalue weighted by Gasteiger charge is 2.33. The molecule has 1 saturated heterocycles. The molecule has 0 radical (unpaired) electrons. The van der Waals surface area contributed by atoms with Crippen molar-refractivity contribution >= 4 is 18.0 Å². The van der Waals surface area contributed by atoms with Crippen molar-refractivity contribution in [3.05, 3.63) is 59.7 Å². The highest BCUT2D eigenvalue weighted by Crippen LogP contribution is 2.44. The molecule has 1 fully saturated rings. The zero-order valence-corrected chi connectivity index (χ0v) is 20.1. The number of fused-ring (bicyclic) bond motifs is 3. The fourth-order valence-electron chi connectivity index (χ4n) is 4.70. The summed E-state index contributed by atoms with van der Waals surface area (Å²) in [6, 6.07) is 16.4. The van der Waals surface area contributed by atoms with Gasteiger partial charge in [-0.15, -0.1) is 0 Å². The first-order valence-electron chi connectivity index (χ1n) is 12.0. The van der Waals surface area contributed by atoms with E-state index in [2.05, 4.69) is 29.6 Å². The average molecular weight is 481 g/mol. The van der Waals surface area contributed by atoms with E-state index in [9.17, 15) is 14.4 Å². The van der Waals surface area contributed by atoms with Gasteiger partial charge in [0.1, 0.15) is 13.2 Å². The van der Waals surface area contributed by atoms with Crippen molar-refractivity contribution in [1.29, 1.82) is 0 Å². The van der Waals surface area contributed by atoms with Gasteiger partial charge in [0.05, 0.1) is 6.10 Å². The van der Waals surface area contributed by atoms with Gasteiger partial charge in [0.2, 0.25) is 5.91 Å². The number of benzene rings is 2. The zero-order valence-electron chi connectivity index (χ0n) is 20.1. The van der Waals surface area contributed by atoms with Gasteiger partial charge in [-0.1, -0.05) is 62.4 Å². The molecular formula is C27H32N2O6. The maximum absolute atomic E-state index is 12.6. The number of ether oxygens (including phenoxy) is 2. The molecule has 35 heavy (non-hydrogen) atoms. The summed E-state index contributed by atoms with van der Waals surface area (Å²) >= 11 is 0. The number of nitrogens with one attached hydrogen (secondary N) is 1. The number of aliphatic carboxylic acids is 1. The third kappa shape index (κ3) is 5.82. The molecule has 0 spiro atoms. The van der Waals surface area contributed by atoms with E-state index >= 15 is 0 Å². The number of carboxylic acid groups (broad SMARTS) is 1. The molecule has 2 aliphatic rings. The Balaban J connectivity index is 1.25. The van der Waals surface area contributed by atoms with Gasteiger partial charge >= 0.3 is 12.1 Å². The van der Waals surface area contributed by atoms with Crippen LogP contribution in [0.1, 0.15) is 37.3 Å². The quantitative estimate of drug-likeness (QED) is 0.539. The minimum atomic E-state index is -1.02. The number of carbonyl (C=O) groups is 3. The fraction of sp³-hybridized carbons (Fsp3) is 0.444. The third-order valence-corrected chi connectivity index (χ3v) is 6.88. The number of carboxylic acids is 1. The smallest absolute Gasteiger partial charge is 0.407 e. The Bertz CT molecular complexity index is 1030. The Kier molecular flexibility index (Phi) is 7.70. The van der Waals surface area contributed by atoms with E-state index in [1.807, 2.05) is 38.1 Å². The summed E-state index contributed by atoms with van der Waals surface area (Å²) in [5.41, 5.74) is 4.67. The summed E-state index contributed by atoms with van der Waals surface area (Å²) in [5, 5.41) is 11.5. The molecule has 2 aromatic rings. The Morgan fingerprint density at radius 3 is 2.20 bits per heavy atom. The van der Waals surface area contributed by atoms with Crippen LogP contribution in [0.5, 0.6) is 0 Å². The molecule has 186 valence electrons. The molecule has 1 atom stereocenters. The van der Waals surface area contributed by atoms with Crippen molar-refractivity contribution in [1.82, 2.24) is 10.2 Å². The van der Waals surface area contributed by atoms with Crippen LogP contribution in [0.15, 0.2) is 48.5 Å². The SMILES string of the molecule is CC(C)C(CNC(=O)OCC1c2ccccc2-c2ccccc21)CC(=O)N1CC(OCC(=O)O)C1. The molecular weight excluding hydrogens is 448 g/mol. The monoisotopic (exact) mass is 480 g/mol. The van der Waals surface area contributed by atoms with Crippen molar-refractivity contribution in [2.24, 2.45) is 11.8 Å². The van der Waals surface area contributed by atoms with Gasteiger partial charge in [0.15, 0.2) is 0 Å². The van der Waals surface area contributed by atoms with Crippen LogP contribution in [0, 0.1) is 11.8 Å². The number of carbonyl (C=O) groups excluding carboxylic acids is 2. The van der Waals surface area contributed by atoms with Crippen LogP contribution < -0.4 is 5.32 Å². The molecule has 2 N–H and O–H groups in total. The minimum absolute atomic E-state index is 0.00154. The van der Waals surface area contributed by atoms with Crippen LogP contribution in [0.3, 0.4) is 0 Å². The van der Waals surface area contributed by atoms with Crippen molar-refractivity contribution in [3.8, 4) is 11.1 Å². The first-order chi connectivity index (χ1) is 16.8. The lowest BCUT2D eigenvalue weighted by Crippen LogP contribution is -2.55. The largest absolute Gasteiger partial charge is 0.480 e. The van der Waals surface area contributed by atoms with Crippen molar-refractivity contribution in [2.75, 3.05) is 32.8 Å². The molecule has 0 saturated carbocycles. The van der Waals surface area contributed by atoms with Crippen LogP contribution in [0.25, 0.3) is 11.1 Å². The summed E-state index contributed by atoms with van der Waals surface area (Å²) in [4.78, 5) is 37.4. The molecule has 1 unspecified atom stereocenters. The van der Waals surface area contributed by atoms with Gasteiger partial charge in [0, 0.05) is 32.0 Å². The number of nitrogens with zero attached hydrogens (tertiary/aromatic N) is 1. The lowest BCUT2D eigenvalue weighted by atomic mass is 9.91. The number of amides is 2. The second-order valence-corrected chi connectivity index (χ2v) is 9.54. The molecule has 0 aromatic heterocycles. The highest BCUT2D eigenvalue weighted by atomic mass is 16.5. The fourth-order valence-corrected chi connectivity index (χ4v) is 4.70. The average Bonchev–Trinajstić information content (AvgIpc) is 3.12. The van der Waals surface area contributed by atoms with E-state index < -0.39 is 12.1 Å². The Morgan fingerprint density at radius 2 is 1.63 bits per heavy atom. The Labute approximate surface area is 205 Å². The molecule has 8 heteroatoms. The van der Waals surface area contributed by atoms with Crippen molar-refractivity contribution in [3.63, 3.8) is 0 Å². The molecule has 2 amide bonds. The third-order valence-electron chi connectivity index (χ3n) is 6.88. The number of likely N-dealkylation sites (tertiary alicyclic amines) is 1. The van der Waals surface area contributed by atoms with Gasteiger partial charge in [-0.2, -0.15) is 0 Å². The Hall–Kier alpha value is -3.39. The van der Waals surface area contributed by atoms with E-state index in [1.165, 1.54) is 11.1 Å². The molecule has 1 aliphatic carbocycles. The van der Waals surface area contributed by atoms with Crippen LogP contribution in [0.2, 0.25) is 0 Å². The van der Waals surface area contributed by atoms with E-state index in [0.717, 1.165) is 11.1 Å². The normalized spacial score (nSPS) is 15.8. The van der Waals surface area contributed by atoms with E-state index in [-0.39, 0.29) is 43.0 Å². The first kappa shape index (κ1) is 24.7. The number of hydrogen-bond acceptors (Lipinski definition) is 5. The van der Waals surface area contributed by atoms with Crippen LogP contribution in [-0.4, -0.2) is 66.9 Å². The van der Waals surface area contributed by atoms with Gasteiger partial charge < -0.3 is 24.8 Å². The van der Waals surface area contributed by atoms with E-state index in [1.54, 1.807) is 4.90 Å². The topological polar surface area (TPSA) is 105 Å². The summed E-state index contributed by atoms with van der Waals surface area (Å²) in [7, 11) is 0. The zero-order chi connectivity index (χ0) is 24.9. The lowest BCUT2D eigenvalue weighted by Gasteiger charge is -2.39. The van der Waals surface area contributed by atoms with Gasteiger partial charge in [-0.3, -0.25) is 4.79 Å². The van der Waals surface area contributed by atoms with E-state index in [0.29, 0.717) is 26.1 Å². The molecule has 8 nitrogen and oxygen atoms in total. The van der Waals surface area contributed by atoms with Gasteiger partial charge in [0.25, 0.3) is 0 Å². The van der Waals surface area contributed by atoms with Crippen LogP contribution in [-0.2, 0) is 19.1 Å². The van der Waals surface area contributed by atoms with Crippen LogP contribution in [0.4, 0.5) is 4.79 Å². The molecule has 1 heterocycles. The maximum Gasteiger partial charge on any atom is 0.407 e. The minimum Gasteiger partial charge on any atom is -0.480 e. The molecule has 1 aliphatic heterocycles. The molecule has 2 aromatic carbocycles. The number of alkyl carbamates (subject to hydrolysis) is 1. The molecule has 0 bridgehead atoms. The predicted molar refractivity (Wildman–Crippen MR) is 130 cm³/mol. The van der Waals surface area contributed by atoms with Crippen molar-refractivity contribution in [2.45, 2.75) is 32.3 Å². The summed E-state index contributed by atoms with van der Waals surface area (Å²) in [5.74, 6) is -0.893. The standard InChI is InChI=1S/C27H32N2O6/c1-17(2)18(11-25(30)29-13-19(14-29)34-16-26(31)32)12-28-27(33)35-15-24-22-9-5-3-7-20(22)21-8-4-6-10-23(21)24/h3-10,17-19,24H,11-16H2,1-2H3,(H,28,33)(H,31,32).